The maximum Gasteiger partial charge on any atom is 0.306 e. The summed E-state index contributed by atoms with van der Waals surface area (Å²) in [6.45, 7) is 2.49. The quantitative estimate of drug-likeness (QED) is 0.897. The van der Waals surface area contributed by atoms with Crippen molar-refractivity contribution in [2.24, 2.45) is 11.8 Å². The second kappa shape index (κ2) is 6.94. The molecule has 0 saturated heterocycles. The molecule has 1 saturated carbocycles. The van der Waals surface area contributed by atoms with Crippen LogP contribution in [0.3, 0.4) is 0 Å². The van der Waals surface area contributed by atoms with E-state index in [9.17, 15) is 9.59 Å². The van der Waals surface area contributed by atoms with E-state index in [0.717, 1.165) is 18.4 Å². The Morgan fingerprint density at radius 1 is 1.24 bits per heavy atom. The second-order valence-electron chi connectivity index (χ2n) is 5.78. The van der Waals surface area contributed by atoms with E-state index in [-0.39, 0.29) is 11.8 Å². The van der Waals surface area contributed by atoms with Crippen LogP contribution in [0.25, 0.3) is 0 Å². The number of rotatable bonds is 4. The van der Waals surface area contributed by atoms with Crippen LogP contribution in [0.4, 0.5) is 0 Å². The first-order chi connectivity index (χ1) is 9.95. The molecule has 1 fully saturated rings. The molecular formula is C16H20ClNO3. The molecule has 1 aromatic rings. The largest absolute Gasteiger partial charge is 0.481 e. The van der Waals surface area contributed by atoms with Crippen molar-refractivity contribution in [1.29, 1.82) is 0 Å². The zero-order valence-corrected chi connectivity index (χ0v) is 12.8. The number of carbonyl (C=O) groups is 2. The van der Waals surface area contributed by atoms with Crippen LogP contribution in [0, 0.1) is 18.8 Å². The van der Waals surface area contributed by atoms with E-state index in [1.165, 1.54) is 0 Å². The molecule has 2 N–H and O–H groups in total. The molecule has 1 aromatic carbocycles. The van der Waals surface area contributed by atoms with Crippen LogP contribution in [0.5, 0.6) is 0 Å². The van der Waals surface area contributed by atoms with Gasteiger partial charge in [-0.3, -0.25) is 9.59 Å². The average molecular weight is 310 g/mol. The summed E-state index contributed by atoms with van der Waals surface area (Å²) >= 11 is 5.95. The van der Waals surface area contributed by atoms with Crippen molar-refractivity contribution < 1.29 is 14.7 Å². The van der Waals surface area contributed by atoms with Crippen LogP contribution in [0.2, 0.25) is 5.02 Å². The lowest BCUT2D eigenvalue weighted by molar-refractivity contribution is -0.143. The Morgan fingerprint density at radius 2 is 1.90 bits per heavy atom. The summed E-state index contributed by atoms with van der Waals surface area (Å²) in [6.07, 6.45) is 3.11. The van der Waals surface area contributed by atoms with Gasteiger partial charge in [0, 0.05) is 17.1 Å². The third kappa shape index (κ3) is 4.46. The molecule has 1 amide bonds. The van der Waals surface area contributed by atoms with Crippen LogP contribution >= 0.6 is 11.6 Å². The monoisotopic (exact) mass is 309 g/mol. The highest BCUT2D eigenvalue weighted by molar-refractivity contribution is 6.31. The van der Waals surface area contributed by atoms with Crippen molar-refractivity contribution in [2.45, 2.75) is 32.6 Å². The molecule has 0 heterocycles. The van der Waals surface area contributed by atoms with Crippen LogP contribution in [-0.4, -0.2) is 23.5 Å². The normalized spacial score (nSPS) is 21.8. The van der Waals surface area contributed by atoms with E-state index in [4.69, 9.17) is 16.7 Å². The highest BCUT2D eigenvalue weighted by atomic mass is 35.5. The maximum absolute atomic E-state index is 12.1. The highest BCUT2D eigenvalue weighted by Crippen LogP contribution is 2.28. The number of carboxylic acid groups (broad SMARTS) is 1. The van der Waals surface area contributed by atoms with Gasteiger partial charge in [0.05, 0.1) is 5.92 Å². The molecule has 0 bridgehead atoms. The Labute approximate surface area is 129 Å². The Kier molecular flexibility index (Phi) is 5.23. The summed E-state index contributed by atoms with van der Waals surface area (Å²) < 4.78 is 0. The van der Waals surface area contributed by atoms with E-state index < -0.39 is 5.97 Å². The van der Waals surface area contributed by atoms with Gasteiger partial charge in [0.15, 0.2) is 0 Å². The van der Waals surface area contributed by atoms with Gasteiger partial charge in [-0.2, -0.15) is 0 Å². The molecular weight excluding hydrogens is 290 g/mol. The van der Waals surface area contributed by atoms with E-state index in [1.807, 2.05) is 19.1 Å². The third-order valence-electron chi connectivity index (χ3n) is 4.05. The lowest BCUT2D eigenvalue weighted by Gasteiger charge is -2.26. The number of hydrogen-bond acceptors (Lipinski definition) is 2. The molecule has 0 aromatic heterocycles. The zero-order chi connectivity index (χ0) is 15.4. The molecule has 0 radical (unpaired) electrons. The number of amides is 1. The van der Waals surface area contributed by atoms with Gasteiger partial charge < -0.3 is 10.4 Å². The number of carboxylic acids is 1. The summed E-state index contributed by atoms with van der Waals surface area (Å²) in [5, 5.41) is 12.4. The maximum atomic E-state index is 12.1. The first kappa shape index (κ1) is 15.8. The van der Waals surface area contributed by atoms with Crippen molar-refractivity contribution in [2.75, 3.05) is 6.54 Å². The molecule has 0 unspecified atom stereocenters. The van der Waals surface area contributed by atoms with Gasteiger partial charge in [-0.1, -0.05) is 11.6 Å². The van der Waals surface area contributed by atoms with Gasteiger partial charge in [-0.15, -0.1) is 0 Å². The van der Waals surface area contributed by atoms with Crippen molar-refractivity contribution in [1.82, 2.24) is 5.32 Å². The Bertz CT molecular complexity index is 516. The average Bonchev–Trinajstić information content (AvgIpc) is 2.44. The molecule has 1 aliphatic rings. The van der Waals surface area contributed by atoms with E-state index in [2.05, 4.69) is 5.32 Å². The third-order valence-corrected chi connectivity index (χ3v) is 4.27. The standard InChI is InChI=1S/C16H20ClNO3/c1-10-6-13(8-14(17)7-10)15(19)18-9-11-2-4-12(5-3-11)16(20)21/h6-8,11-12H,2-5,9H2,1H3,(H,18,19)(H,20,21). The summed E-state index contributed by atoms with van der Waals surface area (Å²) in [4.78, 5) is 23.0. The Hall–Kier alpha value is -1.55. The molecule has 21 heavy (non-hydrogen) atoms. The predicted molar refractivity (Wildman–Crippen MR) is 81.6 cm³/mol. The zero-order valence-electron chi connectivity index (χ0n) is 12.1. The van der Waals surface area contributed by atoms with Gasteiger partial charge in [-0.05, 0) is 62.3 Å². The van der Waals surface area contributed by atoms with Crippen LogP contribution in [-0.2, 0) is 4.79 Å². The lowest BCUT2D eigenvalue weighted by Crippen LogP contribution is -2.32. The number of aliphatic carboxylic acids is 1. The SMILES string of the molecule is Cc1cc(Cl)cc(C(=O)NCC2CCC(C(=O)O)CC2)c1. The van der Waals surface area contributed by atoms with Gasteiger partial charge in [-0.25, -0.2) is 0 Å². The summed E-state index contributed by atoms with van der Waals surface area (Å²) in [5.41, 5.74) is 1.52. The number of aryl methyl sites for hydroxylation is 1. The van der Waals surface area contributed by atoms with Crippen molar-refractivity contribution in [3.63, 3.8) is 0 Å². The van der Waals surface area contributed by atoms with Crippen LogP contribution in [0.15, 0.2) is 18.2 Å². The van der Waals surface area contributed by atoms with Crippen molar-refractivity contribution in [3.8, 4) is 0 Å². The summed E-state index contributed by atoms with van der Waals surface area (Å²) in [7, 11) is 0. The molecule has 0 atom stereocenters. The van der Waals surface area contributed by atoms with Crippen molar-refractivity contribution in [3.05, 3.63) is 34.3 Å². The van der Waals surface area contributed by atoms with Crippen molar-refractivity contribution >= 4 is 23.5 Å². The number of halogens is 1. The molecule has 4 nitrogen and oxygen atoms in total. The molecule has 0 aliphatic heterocycles. The van der Waals surface area contributed by atoms with Gasteiger partial charge in [0.1, 0.15) is 0 Å². The topological polar surface area (TPSA) is 66.4 Å². The minimum absolute atomic E-state index is 0.124. The number of carbonyl (C=O) groups excluding carboxylic acids is 1. The molecule has 2 rings (SSSR count). The molecule has 114 valence electrons. The molecule has 1 aliphatic carbocycles. The number of benzene rings is 1. The fraction of sp³-hybridized carbons (Fsp3) is 0.500. The minimum Gasteiger partial charge on any atom is -0.481 e. The van der Waals surface area contributed by atoms with Gasteiger partial charge in [0.25, 0.3) is 5.91 Å². The Morgan fingerprint density at radius 3 is 2.48 bits per heavy atom. The second-order valence-corrected chi connectivity index (χ2v) is 6.22. The Balaban J connectivity index is 1.83. The molecule has 5 heteroatoms. The first-order valence-corrected chi connectivity index (χ1v) is 7.61. The first-order valence-electron chi connectivity index (χ1n) is 7.24. The van der Waals surface area contributed by atoms with E-state index >= 15 is 0 Å². The summed E-state index contributed by atoms with van der Waals surface area (Å²) in [5.74, 6) is -0.676. The fourth-order valence-corrected chi connectivity index (χ4v) is 3.11. The predicted octanol–water partition coefficient (Wildman–Crippen LogP) is 3.27. The highest BCUT2D eigenvalue weighted by Gasteiger charge is 2.26. The fourth-order valence-electron chi connectivity index (χ4n) is 2.82. The minimum atomic E-state index is -0.702. The molecule has 0 spiro atoms. The smallest absolute Gasteiger partial charge is 0.306 e. The van der Waals surface area contributed by atoms with Gasteiger partial charge in [0.2, 0.25) is 0 Å². The van der Waals surface area contributed by atoms with Crippen LogP contribution < -0.4 is 5.32 Å². The number of hydrogen-bond donors (Lipinski definition) is 2. The number of nitrogens with one attached hydrogen (secondary N) is 1. The van der Waals surface area contributed by atoms with E-state index in [0.29, 0.717) is 35.9 Å². The summed E-state index contributed by atoms with van der Waals surface area (Å²) in [6, 6.07) is 5.28. The lowest BCUT2D eigenvalue weighted by atomic mass is 9.82. The van der Waals surface area contributed by atoms with Crippen LogP contribution in [0.1, 0.15) is 41.6 Å². The van der Waals surface area contributed by atoms with E-state index in [1.54, 1.807) is 6.07 Å². The van der Waals surface area contributed by atoms with Gasteiger partial charge >= 0.3 is 5.97 Å².